The summed E-state index contributed by atoms with van der Waals surface area (Å²) in [5.41, 5.74) is 1.15. The van der Waals surface area contributed by atoms with Gasteiger partial charge in [0.2, 0.25) is 0 Å². The Morgan fingerprint density at radius 3 is 2.66 bits per heavy atom. The lowest BCUT2D eigenvalue weighted by molar-refractivity contribution is -0.124. The van der Waals surface area contributed by atoms with Gasteiger partial charge in [-0.15, -0.1) is 0 Å². The molecule has 0 unspecified atom stereocenters. The van der Waals surface area contributed by atoms with Crippen molar-refractivity contribution in [3.63, 3.8) is 0 Å². The predicted octanol–water partition coefficient (Wildman–Crippen LogP) is 3.93. The van der Waals surface area contributed by atoms with E-state index in [0.717, 1.165) is 25.0 Å². The van der Waals surface area contributed by atoms with Gasteiger partial charge < -0.3 is 19.5 Å². The maximum atomic E-state index is 12.2. The molecule has 3 rings (SSSR count). The Hall–Kier alpha value is -2.57. The van der Waals surface area contributed by atoms with Gasteiger partial charge in [-0.1, -0.05) is 29.8 Å². The van der Waals surface area contributed by atoms with Crippen LogP contribution in [0.3, 0.4) is 0 Å². The number of amides is 1. The van der Waals surface area contributed by atoms with Crippen LogP contribution in [0.25, 0.3) is 0 Å². The summed E-state index contributed by atoms with van der Waals surface area (Å²) in [6, 6.07) is 13.6. The van der Waals surface area contributed by atoms with Crippen molar-refractivity contribution in [2.45, 2.75) is 31.9 Å². The molecule has 7 heteroatoms. The summed E-state index contributed by atoms with van der Waals surface area (Å²) >= 11 is 6.13. The number of hydrogen-bond donors (Lipinski definition) is 1. The van der Waals surface area contributed by atoms with Gasteiger partial charge in [0.05, 0.1) is 17.7 Å². The minimum Gasteiger partial charge on any atom is -0.491 e. The van der Waals surface area contributed by atoms with Gasteiger partial charge in [-0.25, -0.2) is 4.79 Å². The van der Waals surface area contributed by atoms with Gasteiger partial charge in [0.25, 0.3) is 5.91 Å². The summed E-state index contributed by atoms with van der Waals surface area (Å²) in [4.78, 5) is 24.2. The second-order valence-corrected chi connectivity index (χ2v) is 7.26. The fourth-order valence-electron chi connectivity index (χ4n) is 3.05. The highest BCUT2D eigenvalue weighted by molar-refractivity contribution is 6.31. The fraction of sp³-hybridized carbons (Fsp3) is 0.364. The van der Waals surface area contributed by atoms with E-state index in [1.165, 1.54) is 0 Å². The Labute approximate surface area is 175 Å². The molecular weight excluding hydrogens is 394 g/mol. The highest BCUT2D eigenvalue weighted by atomic mass is 35.5. The Balaban J connectivity index is 1.43. The predicted molar refractivity (Wildman–Crippen MR) is 109 cm³/mol. The molecule has 2 aromatic rings. The number of hydrogen-bond acceptors (Lipinski definition) is 5. The zero-order valence-corrected chi connectivity index (χ0v) is 17.0. The summed E-state index contributed by atoms with van der Waals surface area (Å²) < 4.78 is 16.3. The Morgan fingerprint density at radius 1 is 1.21 bits per heavy atom. The molecular formula is C22H24ClNO5. The number of esters is 1. The molecule has 29 heavy (non-hydrogen) atoms. The standard InChI is InChI=1S/C22H24ClNO5/c1-15(19-6-2-3-7-20(19)23)24-21(25)14-29-22(26)16-8-10-17(11-9-16)28-13-18-5-4-12-27-18/h2-3,6-11,15,18H,4-5,12-14H2,1H3,(H,24,25)/t15-,18+/m0/s1. The fourth-order valence-corrected chi connectivity index (χ4v) is 3.35. The number of benzene rings is 2. The monoisotopic (exact) mass is 417 g/mol. The molecule has 0 spiro atoms. The first-order valence-corrected chi connectivity index (χ1v) is 9.96. The van der Waals surface area contributed by atoms with Crippen LogP contribution >= 0.6 is 11.6 Å². The van der Waals surface area contributed by atoms with Crippen molar-refractivity contribution < 1.29 is 23.8 Å². The normalized spacial score (nSPS) is 16.8. The molecule has 6 nitrogen and oxygen atoms in total. The van der Waals surface area contributed by atoms with E-state index < -0.39 is 11.9 Å². The number of carbonyl (C=O) groups is 2. The first-order valence-electron chi connectivity index (χ1n) is 9.58. The van der Waals surface area contributed by atoms with E-state index in [2.05, 4.69) is 5.32 Å². The highest BCUT2D eigenvalue weighted by Crippen LogP contribution is 2.22. The molecule has 0 saturated carbocycles. The molecule has 154 valence electrons. The molecule has 1 aliphatic heterocycles. The number of carbonyl (C=O) groups excluding carboxylic acids is 2. The van der Waals surface area contributed by atoms with Crippen molar-refractivity contribution in [3.05, 3.63) is 64.7 Å². The largest absolute Gasteiger partial charge is 0.491 e. The van der Waals surface area contributed by atoms with Gasteiger partial charge in [0.15, 0.2) is 6.61 Å². The van der Waals surface area contributed by atoms with Crippen LogP contribution in [0.4, 0.5) is 0 Å². The van der Waals surface area contributed by atoms with Gasteiger partial charge >= 0.3 is 5.97 Å². The molecule has 2 aromatic carbocycles. The quantitative estimate of drug-likeness (QED) is 0.659. The van der Waals surface area contributed by atoms with Gasteiger partial charge in [0, 0.05) is 11.6 Å². The molecule has 1 saturated heterocycles. The van der Waals surface area contributed by atoms with Crippen LogP contribution in [-0.4, -0.2) is 37.8 Å². The maximum Gasteiger partial charge on any atom is 0.338 e. The van der Waals surface area contributed by atoms with E-state index in [1.54, 1.807) is 30.3 Å². The third-order valence-corrected chi connectivity index (χ3v) is 4.98. The van der Waals surface area contributed by atoms with Crippen LogP contribution in [-0.2, 0) is 14.3 Å². The third kappa shape index (κ3) is 6.21. The Morgan fingerprint density at radius 2 is 1.97 bits per heavy atom. The van der Waals surface area contributed by atoms with Gasteiger partial charge in [-0.05, 0) is 55.7 Å². The van der Waals surface area contributed by atoms with E-state index in [0.29, 0.717) is 22.9 Å². The van der Waals surface area contributed by atoms with Crippen LogP contribution in [0.2, 0.25) is 5.02 Å². The molecule has 1 aliphatic rings. The Kier molecular flexibility index (Phi) is 7.49. The molecule has 1 N–H and O–H groups in total. The third-order valence-electron chi connectivity index (χ3n) is 4.63. The van der Waals surface area contributed by atoms with E-state index in [1.807, 2.05) is 25.1 Å². The van der Waals surface area contributed by atoms with E-state index >= 15 is 0 Å². The Bertz CT molecular complexity index is 833. The number of rotatable bonds is 8. The minimum atomic E-state index is -0.573. The summed E-state index contributed by atoms with van der Waals surface area (Å²) in [5, 5.41) is 3.33. The van der Waals surface area contributed by atoms with E-state index in [9.17, 15) is 9.59 Å². The molecule has 0 radical (unpaired) electrons. The molecule has 1 amide bonds. The van der Waals surface area contributed by atoms with Gasteiger partial charge in [-0.2, -0.15) is 0 Å². The molecule has 1 fully saturated rings. The maximum absolute atomic E-state index is 12.2. The van der Waals surface area contributed by atoms with Crippen molar-refractivity contribution in [1.82, 2.24) is 5.32 Å². The second kappa shape index (κ2) is 10.3. The lowest BCUT2D eigenvalue weighted by Crippen LogP contribution is -2.31. The van der Waals surface area contributed by atoms with Crippen molar-refractivity contribution in [3.8, 4) is 5.75 Å². The van der Waals surface area contributed by atoms with Crippen LogP contribution in [0, 0.1) is 0 Å². The van der Waals surface area contributed by atoms with Crippen molar-refractivity contribution >= 4 is 23.5 Å². The second-order valence-electron chi connectivity index (χ2n) is 6.86. The SMILES string of the molecule is C[C@H](NC(=O)COC(=O)c1ccc(OC[C@H]2CCCO2)cc1)c1ccccc1Cl. The van der Waals surface area contributed by atoms with E-state index in [-0.39, 0.29) is 18.8 Å². The van der Waals surface area contributed by atoms with Crippen LogP contribution < -0.4 is 10.1 Å². The van der Waals surface area contributed by atoms with Crippen LogP contribution in [0.15, 0.2) is 48.5 Å². The highest BCUT2D eigenvalue weighted by Gasteiger charge is 2.17. The number of halogens is 1. The summed E-state index contributed by atoms with van der Waals surface area (Å²) in [5.74, 6) is -0.318. The minimum absolute atomic E-state index is 0.131. The summed E-state index contributed by atoms with van der Waals surface area (Å²) in [7, 11) is 0. The number of nitrogens with one attached hydrogen (secondary N) is 1. The lowest BCUT2D eigenvalue weighted by atomic mass is 10.1. The molecule has 0 aromatic heterocycles. The zero-order valence-electron chi connectivity index (χ0n) is 16.2. The zero-order chi connectivity index (χ0) is 20.6. The first kappa shape index (κ1) is 21.1. The number of ether oxygens (including phenoxy) is 3. The van der Waals surface area contributed by atoms with Crippen LogP contribution in [0.5, 0.6) is 5.75 Å². The van der Waals surface area contributed by atoms with E-state index in [4.69, 9.17) is 25.8 Å². The average molecular weight is 418 g/mol. The molecule has 0 bridgehead atoms. The molecule has 2 atom stereocenters. The average Bonchev–Trinajstić information content (AvgIpc) is 3.25. The molecule has 0 aliphatic carbocycles. The topological polar surface area (TPSA) is 73.9 Å². The lowest BCUT2D eigenvalue weighted by Gasteiger charge is -2.15. The van der Waals surface area contributed by atoms with Gasteiger partial charge in [-0.3, -0.25) is 4.79 Å². The summed E-state index contributed by atoms with van der Waals surface area (Å²) in [6.07, 6.45) is 2.19. The molecule has 1 heterocycles. The van der Waals surface area contributed by atoms with Crippen molar-refractivity contribution in [1.29, 1.82) is 0 Å². The smallest absolute Gasteiger partial charge is 0.338 e. The van der Waals surface area contributed by atoms with Crippen molar-refractivity contribution in [2.75, 3.05) is 19.8 Å². The summed E-state index contributed by atoms with van der Waals surface area (Å²) in [6.45, 7) is 2.72. The van der Waals surface area contributed by atoms with Crippen LogP contribution in [0.1, 0.15) is 41.7 Å². The first-order chi connectivity index (χ1) is 14.0. The van der Waals surface area contributed by atoms with Crippen molar-refractivity contribution in [2.24, 2.45) is 0 Å². The van der Waals surface area contributed by atoms with Gasteiger partial charge in [0.1, 0.15) is 12.4 Å².